The average Bonchev–Trinajstić information content (AvgIpc) is 2.87. The Kier molecular flexibility index (Phi) is 5.59. The number of rotatable bonds is 7. The van der Waals surface area contributed by atoms with Gasteiger partial charge in [-0.25, -0.2) is 0 Å². The lowest BCUT2D eigenvalue weighted by atomic mass is 10.1. The fraction of sp³-hybridized carbons (Fsp3) is 0.400. The lowest BCUT2D eigenvalue weighted by molar-refractivity contribution is 0.269. The van der Waals surface area contributed by atoms with Crippen molar-refractivity contribution in [3.63, 3.8) is 0 Å². The summed E-state index contributed by atoms with van der Waals surface area (Å²) < 4.78 is 1.75. The van der Waals surface area contributed by atoms with E-state index in [1.165, 1.54) is 5.56 Å². The lowest BCUT2D eigenvalue weighted by Crippen LogP contribution is -2.27. The number of benzene rings is 1. The molecular formula is C15H20ClN3O. The Bertz CT molecular complexity index is 524. The van der Waals surface area contributed by atoms with E-state index < -0.39 is 0 Å². The van der Waals surface area contributed by atoms with E-state index in [0.717, 1.165) is 23.6 Å². The van der Waals surface area contributed by atoms with Gasteiger partial charge < -0.3 is 10.4 Å². The molecule has 0 saturated carbocycles. The Morgan fingerprint density at radius 2 is 2.05 bits per heavy atom. The first kappa shape index (κ1) is 15.0. The second-order valence-electron chi connectivity index (χ2n) is 4.95. The van der Waals surface area contributed by atoms with Crippen molar-refractivity contribution in [1.82, 2.24) is 15.1 Å². The van der Waals surface area contributed by atoms with Crippen LogP contribution in [0.4, 0.5) is 0 Å². The fourth-order valence-corrected chi connectivity index (χ4v) is 2.19. The van der Waals surface area contributed by atoms with Crippen molar-refractivity contribution in [2.45, 2.75) is 32.5 Å². The van der Waals surface area contributed by atoms with Crippen LogP contribution in [0.15, 0.2) is 36.7 Å². The zero-order valence-electron chi connectivity index (χ0n) is 11.6. The highest BCUT2D eigenvalue weighted by molar-refractivity contribution is 6.30. The van der Waals surface area contributed by atoms with Gasteiger partial charge in [0.1, 0.15) is 0 Å². The largest absolute Gasteiger partial charge is 0.394 e. The van der Waals surface area contributed by atoms with Crippen molar-refractivity contribution in [1.29, 1.82) is 0 Å². The van der Waals surface area contributed by atoms with E-state index in [4.69, 9.17) is 16.7 Å². The number of nitrogens with one attached hydrogen (secondary N) is 1. The van der Waals surface area contributed by atoms with Gasteiger partial charge in [-0.2, -0.15) is 5.10 Å². The molecule has 1 heterocycles. The fourth-order valence-electron chi connectivity index (χ4n) is 2.06. The van der Waals surface area contributed by atoms with Crippen molar-refractivity contribution in [2.75, 3.05) is 6.61 Å². The highest BCUT2D eigenvalue weighted by Crippen LogP contribution is 2.11. The number of hydrogen-bond donors (Lipinski definition) is 2. The van der Waals surface area contributed by atoms with Gasteiger partial charge in [0, 0.05) is 29.4 Å². The summed E-state index contributed by atoms with van der Waals surface area (Å²) in [6.45, 7) is 3.59. The number of aliphatic hydroxyl groups excluding tert-OH is 1. The van der Waals surface area contributed by atoms with Crippen LogP contribution in [0.3, 0.4) is 0 Å². The van der Waals surface area contributed by atoms with Crippen LogP contribution in [0, 0.1) is 0 Å². The highest BCUT2D eigenvalue weighted by Gasteiger charge is 2.04. The van der Waals surface area contributed by atoms with Gasteiger partial charge in [-0.15, -0.1) is 0 Å². The van der Waals surface area contributed by atoms with Crippen molar-refractivity contribution in [2.24, 2.45) is 0 Å². The first-order chi connectivity index (χ1) is 9.67. The van der Waals surface area contributed by atoms with E-state index in [9.17, 15) is 0 Å². The minimum absolute atomic E-state index is 0.113. The molecule has 2 N–H and O–H groups in total. The highest BCUT2D eigenvalue weighted by atomic mass is 35.5. The molecule has 0 spiro atoms. The zero-order chi connectivity index (χ0) is 14.4. The smallest absolute Gasteiger partial charge is 0.0640 e. The molecule has 0 saturated heterocycles. The van der Waals surface area contributed by atoms with Crippen LogP contribution in [0.25, 0.3) is 0 Å². The Hall–Kier alpha value is -1.36. The molecular weight excluding hydrogens is 274 g/mol. The predicted molar refractivity (Wildman–Crippen MR) is 80.8 cm³/mol. The normalized spacial score (nSPS) is 12.6. The van der Waals surface area contributed by atoms with Gasteiger partial charge in [0.15, 0.2) is 0 Å². The zero-order valence-corrected chi connectivity index (χ0v) is 12.3. The van der Waals surface area contributed by atoms with Crippen molar-refractivity contribution in [3.8, 4) is 0 Å². The van der Waals surface area contributed by atoms with Crippen LogP contribution in [-0.2, 0) is 19.5 Å². The predicted octanol–water partition coefficient (Wildman–Crippen LogP) is 2.25. The third-order valence-corrected chi connectivity index (χ3v) is 3.38. The maximum atomic E-state index is 8.84. The van der Waals surface area contributed by atoms with Crippen LogP contribution in [0.2, 0.25) is 5.02 Å². The Balaban J connectivity index is 1.79. The van der Waals surface area contributed by atoms with Crippen LogP contribution < -0.4 is 5.32 Å². The molecule has 1 aromatic heterocycles. The molecule has 1 aromatic carbocycles. The summed E-state index contributed by atoms with van der Waals surface area (Å²) in [5.41, 5.74) is 2.40. The average molecular weight is 294 g/mol. The molecule has 0 bridgehead atoms. The Morgan fingerprint density at radius 1 is 1.30 bits per heavy atom. The van der Waals surface area contributed by atoms with Crippen LogP contribution >= 0.6 is 11.6 Å². The lowest BCUT2D eigenvalue weighted by Gasteiger charge is -2.13. The summed E-state index contributed by atoms with van der Waals surface area (Å²) in [7, 11) is 0. The minimum Gasteiger partial charge on any atom is -0.394 e. The molecule has 108 valence electrons. The van der Waals surface area contributed by atoms with E-state index in [1.807, 2.05) is 24.5 Å². The molecule has 0 radical (unpaired) electrons. The summed E-state index contributed by atoms with van der Waals surface area (Å²) >= 11 is 5.87. The Morgan fingerprint density at radius 3 is 2.75 bits per heavy atom. The monoisotopic (exact) mass is 293 g/mol. The maximum Gasteiger partial charge on any atom is 0.0640 e. The third-order valence-electron chi connectivity index (χ3n) is 3.13. The number of aliphatic hydroxyl groups is 1. The summed E-state index contributed by atoms with van der Waals surface area (Å²) in [5.74, 6) is 0. The molecule has 5 heteroatoms. The first-order valence-electron chi connectivity index (χ1n) is 6.77. The molecule has 2 aromatic rings. The summed E-state index contributed by atoms with van der Waals surface area (Å²) in [5, 5.41) is 17.3. The van der Waals surface area contributed by atoms with Gasteiger partial charge in [0.2, 0.25) is 0 Å². The molecule has 0 amide bonds. The van der Waals surface area contributed by atoms with Gasteiger partial charge in [0.05, 0.1) is 19.3 Å². The minimum atomic E-state index is 0.113. The van der Waals surface area contributed by atoms with Crippen molar-refractivity contribution in [3.05, 3.63) is 52.8 Å². The summed E-state index contributed by atoms with van der Waals surface area (Å²) in [6, 6.07) is 8.32. The molecule has 20 heavy (non-hydrogen) atoms. The number of halogens is 1. The quantitative estimate of drug-likeness (QED) is 0.823. The van der Waals surface area contributed by atoms with Crippen molar-refractivity contribution >= 4 is 11.6 Å². The molecule has 1 unspecified atom stereocenters. The molecule has 0 aliphatic carbocycles. The van der Waals surface area contributed by atoms with Gasteiger partial charge in [-0.05, 0) is 31.0 Å². The summed E-state index contributed by atoms with van der Waals surface area (Å²) in [6.07, 6.45) is 4.75. The van der Waals surface area contributed by atoms with E-state index in [0.29, 0.717) is 12.6 Å². The van der Waals surface area contributed by atoms with E-state index in [1.54, 1.807) is 4.68 Å². The SMILES string of the molecule is CC(Cc1ccc(Cl)cc1)NCc1cnn(CCO)c1. The van der Waals surface area contributed by atoms with Gasteiger partial charge in [0.25, 0.3) is 0 Å². The molecule has 0 fully saturated rings. The Labute approximate surface area is 124 Å². The molecule has 2 rings (SSSR count). The topological polar surface area (TPSA) is 50.1 Å². The van der Waals surface area contributed by atoms with Crippen LogP contribution in [0.5, 0.6) is 0 Å². The maximum absolute atomic E-state index is 8.84. The van der Waals surface area contributed by atoms with Gasteiger partial charge in [-0.3, -0.25) is 4.68 Å². The van der Waals surface area contributed by atoms with E-state index in [-0.39, 0.29) is 6.61 Å². The molecule has 4 nitrogen and oxygen atoms in total. The second kappa shape index (κ2) is 7.43. The van der Waals surface area contributed by atoms with Crippen LogP contribution in [-0.4, -0.2) is 27.5 Å². The van der Waals surface area contributed by atoms with Crippen molar-refractivity contribution < 1.29 is 5.11 Å². The van der Waals surface area contributed by atoms with E-state index in [2.05, 4.69) is 29.5 Å². The van der Waals surface area contributed by atoms with Gasteiger partial charge >= 0.3 is 0 Å². The third kappa shape index (κ3) is 4.63. The molecule has 1 atom stereocenters. The molecule has 0 aliphatic heterocycles. The molecule has 0 aliphatic rings. The second-order valence-corrected chi connectivity index (χ2v) is 5.38. The number of nitrogens with zero attached hydrogens (tertiary/aromatic N) is 2. The van der Waals surface area contributed by atoms with E-state index >= 15 is 0 Å². The standard InChI is InChI=1S/C15H20ClN3O/c1-12(8-13-2-4-15(16)5-3-13)17-9-14-10-18-19(11-14)6-7-20/h2-5,10-12,17,20H,6-9H2,1H3. The first-order valence-corrected chi connectivity index (χ1v) is 7.15. The van der Waals surface area contributed by atoms with Crippen LogP contribution in [0.1, 0.15) is 18.1 Å². The number of hydrogen-bond acceptors (Lipinski definition) is 3. The summed E-state index contributed by atoms with van der Waals surface area (Å²) in [4.78, 5) is 0. The van der Waals surface area contributed by atoms with Gasteiger partial charge in [-0.1, -0.05) is 23.7 Å². The number of aromatic nitrogens is 2.